The van der Waals surface area contributed by atoms with Crippen molar-refractivity contribution in [2.75, 3.05) is 0 Å². The molecule has 0 heterocycles. The van der Waals surface area contributed by atoms with Crippen molar-refractivity contribution in [2.45, 2.75) is 13.0 Å². The van der Waals surface area contributed by atoms with Gasteiger partial charge in [0.2, 0.25) is 5.78 Å². The first kappa shape index (κ1) is 14.8. The van der Waals surface area contributed by atoms with Gasteiger partial charge in [0.05, 0.1) is 5.02 Å². The van der Waals surface area contributed by atoms with Crippen LogP contribution in [0.1, 0.15) is 17.3 Å². The largest absolute Gasteiger partial charge is 0.481 e. The third-order valence-electron chi connectivity index (χ3n) is 2.68. The first-order valence-corrected chi connectivity index (χ1v) is 6.64. The molecule has 0 spiro atoms. The summed E-state index contributed by atoms with van der Waals surface area (Å²) in [6, 6.07) is 10.3. The third-order valence-corrected chi connectivity index (χ3v) is 3.21. The molecule has 2 rings (SSSR count). The Bertz CT molecular complexity index is 644. The summed E-state index contributed by atoms with van der Waals surface area (Å²) in [5.74, 6) is -0.431. The van der Waals surface area contributed by atoms with E-state index in [-0.39, 0.29) is 16.6 Å². The minimum absolute atomic E-state index is 0.121. The van der Waals surface area contributed by atoms with Gasteiger partial charge in [0.1, 0.15) is 11.6 Å². The average molecular weight is 313 g/mol. The lowest BCUT2D eigenvalue weighted by atomic mass is 10.1. The van der Waals surface area contributed by atoms with Gasteiger partial charge < -0.3 is 4.74 Å². The van der Waals surface area contributed by atoms with E-state index in [1.807, 2.05) is 0 Å². The number of carbonyl (C=O) groups excluding carboxylic acids is 1. The Labute approximate surface area is 126 Å². The number of ketones is 1. The van der Waals surface area contributed by atoms with Crippen LogP contribution < -0.4 is 4.74 Å². The SMILES string of the molecule is CC(Oc1ccc(F)cc1Cl)C(=O)c1cccc(Cl)c1. The lowest BCUT2D eigenvalue weighted by Crippen LogP contribution is -2.24. The number of hydrogen-bond acceptors (Lipinski definition) is 2. The minimum Gasteiger partial charge on any atom is -0.481 e. The molecule has 0 bridgehead atoms. The van der Waals surface area contributed by atoms with Crippen LogP contribution in [0.2, 0.25) is 10.0 Å². The molecule has 0 aromatic heterocycles. The van der Waals surface area contributed by atoms with Crippen LogP contribution in [-0.2, 0) is 0 Å². The fraction of sp³-hybridized carbons (Fsp3) is 0.133. The Morgan fingerprint density at radius 3 is 2.60 bits per heavy atom. The average Bonchev–Trinajstić information content (AvgIpc) is 2.41. The summed E-state index contributed by atoms with van der Waals surface area (Å²) >= 11 is 11.7. The molecule has 0 aliphatic carbocycles. The predicted octanol–water partition coefficient (Wildman–Crippen LogP) is 4.78. The maximum atomic E-state index is 12.9. The molecule has 0 fully saturated rings. The number of rotatable bonds is 4. The van der Waals surface area contributed by atoms with Gasteiger partial charge in [-0.25, -0.2) is 4.39 Å². The van der Waals surface area contributed by atoms with Crippen LogP contribution in [0.5, 0.6) is 5.75 Å². The Morgan fingerprint density at radius 1 is 1.20 bits per heavy atom. The van der Waals surface area contributed by atoms with Crippen LogP contribution in [0.15, 0.2) is 42.5 Å². The van der Waals surface area contributed by atoms with E-state index < -0.39 is 11.9 Å². The summed E-state index contributed by atoms with van der Waals surface area (Å²) in [6.45, 7) is 1.60. The van der Waals surface area contributed by atoms with Gasteiger partial charge in [-0.3, -0.25) is 4.79 Å². The minimum atomic E-state index is -0.753. The van der Waals surface area contributed by atoms with Crippen LogP contribution in [0.4, 0.5) is 4.39 Å². The third kappa shape index (κ3) is 3.50. The number of ether oxygens (including phenoxy) is 1. The van der Waals surface area contributed by atoms with E-state index in [1.54, 1.807) is 31.2 Å². The lowest BCUT2D eigenvalue weighted by molar-refractivity contribution is 0.0818. The molecule has 0 amide bonds. The molecule has 0 N–H and O–H groups in total. The van der Waals surface area contributed by atoms with E-state index in [2.05, 4.69) is 0 Å². The fourth-order valence-electron chi connectivity index (χ4n) is 1.69. The number of carbonyl (C=O) groups is 1. The maximum absolute atomic E-state index is 12.9. The van der Waals surface area contributed by atoms with E-state index in [9.17, 15) is 9.18 Å². The Hall–Kier alpha value is -1.58. The number of benzene rings is 2. The Kier molecular flexibility index (Phi) is 4.63. The zero-order chi connectivity index (χ0) is 14.7. The highest BCUT2D eigenvalue weighted by Gasteiger charge is 2.18. The van der Waals surface area contributed by atoms with Crippen LogP contribution in [0.3, 0.4) is 0 Å². The second-order valence-electron chi connectivity index (χ2n) is 4.21. The molecule has 2 aromatic carbocycles. The van der Waals surface area contributed by atoms with Gasteiger partial charge in [-0.05, 0) is 37.3 Å². The van der Waals surface area contributed by atoms with E-state index in [1.165, 1.54) is 12.1 Å². The van der Waals surface area contributed by atoms with Gasteiger partial charge >= 0.3 is 0 Å². The summed E-state index contributed by atoms with van der Waals surface area (Å²) < 4.78 is 18.4. The number of Topliss-reactive ketones (excluding diaryl/α,β-unsaturated/α-hetero) is 1. The monoisotopic (exact) mass is 312 g/mol. The van der Waals surface area contributed by atoms with Crippen molar-refractivity contribution in [2.24, 2.45) is 0 Å². The van der Waals surface area contributed by atoms with E-state index in [4.69, 9.17) is 27.9 Å². The standard InChI is InChI=1S/C15H11Cl2FO2/c1-9(15(19)10-3-2-4-11(16)7-10)20-14-6-5-12(18)8-13(14)17/h2-9H,1H3. The summed E-state index contributed by atoms with van der Waals surface area (Å²) in [5.41, 5.74) is 0.447. The first-order valence-electron chi connectivity index (χ1n) is 5.89. The molecular weight excluding hydrogens is 302 g/mol. The molecule has 2 nitrogen and oxygen atoms in total. The summed E-state index contributed by atoms with van der Waals surface area (Å²) in [5, 5.41) is 0.596. The highest BCUT2D eigenvalue weighted by atomic mass is 35.5. The fourth-order valence-corrected chi connectivity index (χ4v) is 2.09. The van der Waals surface area contributed by atoms with Crippen LogP contribution in [0, 0.1) is 5.82 Å². The molecule has 0 aliphatic rings. The maximum Gasteiger partial charge on any atom is 0.203 e. The molecule has 1 atom stereocenters. The molecule has 0 radical (unpaired) electrons. The van der Waals surface area contributed by atoms with Gasteiger partial charge in [0.25, 0.3) is 0 Å². The molecule has 0 saturated heterocycles. The van der Waals surface area contributed by atoms with Crippen molar-refractivity contribution in [3.05, 3.63) is 63.9 Å². The summed E-state index contributed by atoms with van der Waals surface area (Å²) in [6.07, 6.45) is -0.753. The highest BCUT2D eigenvalue weighted by Crippen LogP contribution is 2.26. The van der Waals surface area contributed by atoms with E-state index >= 15 is 0 Å². The van der Waals surface area contributed by atoms with Crippen molar-refractivity contribution in [3.8, 4) is 5.75 Å². The molecule has 104 valence electrons. The molecule has 0 saturated carbocycles. The van der Waals surface area contributed by atoms with Gasteiger partial charge in [-0.1, -0.05) is 35.3 Å². The van der Waals surface area contributed by atoms with E-state index in [0.29, 0.717) is 10.6 Å². The molecular formula is C15H11Cl2FO2. The predicted molar refractivity (Wildman–Crippen MR) is 77.3 cm³/mol. The Balaban J connectivity index is 2.15. The van der Waals surface area contributed by atoms with Gasteiger partial charge in [0, 0.05) is 10.6 Å². The molecule has 2 aromatic rings. The van der Waals surface area contributed by atoms with Crippen molar-refractivity contribution >= 4 is 29.0 Å². The molecule has 20 heavy (non-hydrogen) atoms. The summed E-state index contributed by atoms with van der Waals surface area (Å²) in [7, 11) is 0. The second-order valence-corrected chi connectivity index (χ2v) is 5.05. The smallest absolute Gasteiger partial charge is 0.203 e. The zero-order valence-corrected chi connectivity index (χ0v) is 12.1. The molecule has 5 heteroatoms. The second kappa shape index (κ2) is 6.25. The van der Waals surface area contributed by atoms with Crippen molar-refractivity contribution in [1.29, 1.82) is 0 Å². The Morgan fingerprint density at radius 2 is 1.95 bits per heavy atom. The van der Waals surface area contributed by atoms with Crippen LogP contribution in [-0.4, -0.2) is 11.9 Å². The van der Waals surface area contributed by atoms with Crippen LogP contribution in [0.25, 0.3) is 0 Å². The molecule has 0 aliphatic heterocycles. The summed E-state index contributed by atoms with van der Waals surface area (Å²) in [4.78, 5) is 12.2. The normalized spacial score (nSPS) is 12.0. The van der Waals surface area contributed by atoms with Gasteiger partial charge in [-0.2, -0.15) is 0 Å². The zero-order valence-electron chi connectivity index (χ0n) is 10.6. The number of halogens is 3. The first-order chi connectivity index (χ1) is 9.47. The quantitative estimate of drug-likeness (QED) is 0.759. The highest BCUT2D eigenvalue weighted by molar-refractivity contribution is 6.32. The topological polar surface area (TPSA) is 26.3 Å². The van der Waals surface area contributed by atoms with Gasteiger partial charge in [-0.15, -0.1) is 0 Å². The van der Waals surface area contributed by atoms with Crippen molar-refractivity contribution < 1.29 is 13.9 Å². The molecule has 1 unspecified atom stereocenters. The van der Waals surface area contributed by atoms with Crippen LogP contribution >= 0.6 is 23.2 Å². The van der Waals surface area contributed by atoms with Gasteiger partial charge in [0.15, 0.2) is 6.10 Å². The van der Waals surface area contributed by atoms with Crippen molar-refractivity contribution in [1.82, 2.24) is 0 Å². The lowest BCUT2D eigenvalue weighted by Gasteiger charge is -2.15. The van der Waals surface area contributed by atoms with Crippen molar-refractivity contribution in [3.63, 3.8) is 0 Å². The van der Waals surface area contributed by atoms with E-state index in [0.717, 1.165) is 6.07 Å². The number of hydrogen-bond donors (Lipinski definition) is 0.